The van der Waals surface area contributed by atoms with E-state index in [1.54, 1.807) is 0 Å². The summed E-state index contributed by atoms with van der Waals surface area (Å²) >= 11 is 0. The molecule has 3 N–H and O–H groups in total. The Kier molecular flexibility index (Phi) is 4.45. The lowest BCUT2D eigenvalue weighted by Gasteiger charge is -2.14. The molecule has 0 spiro atoms. The molecule has 0 aromatic carbocycles. The molecule has 1 aromatic heterocycles. The Labute approximate surface area is 115 Å². The summed E-state index contributed by atoms with van der Waals surface area (Å²) in [5.74, 6) is 3.15. The van der Waals surface area contributed by atoms with Crippen LogP contribution in [0.3, 0.4) is 0 Å². The van der Waals surface area contributed by atoms with Gasteiger partial charge in [0, 0.05) is 12.5 Å². The van der Waals surface area contributed by atoms with Gasteiger partial charge < -0.3 is 15.8 Å². The summed E-state index contributed by atoms with van der Waals surface area (Å²) < 4.78 is 5.64. The Morgan fingerprint density at radius 3 is 2.68 bits per heavy atom. The Hall–Kier alpha value is -1.52. The number of nitrogens with two attached hydrogens (primary N) is 1. The number of hydrogen-bond donors (Lipinski definition) is 2. The minimum absolute atomic E-state index is 0.490. The zero-order chi connectivity index (χ0) is 13.8. The van der Waals surface area contributed by atoms with E-state index in [0.717, 1.165) is 24.6 Å². The fourth-order valence-electron chi connectivity index (χ4n) is 1.73. The highest BCUT2D eigenvalue weighted by molar-refractivity contribution is 5.67. The van der Waals surface area contributed by atoms with Crippen LogP contribution in [-0.2, 0) is 0 Å². The van der Waals surface area contributed by atoms with E-state index < -0.39 is 0 Å². The first-order valence-electron chi connectivity index (χ1n) is 7.15. The molecule has 0 bridgehead atoms. The zero-order valence-corrected chi connectivity index (χ0v) is 12.1. The van der Waals surface area contributed by atoms with Crippen molar-refractivity contribution in [1.82, 2.24) is 9.97 Å². The molecule has 1 fully saturated rings. The number of nitrogens with one attached hydrogen (secondary N) is 1. The van der Waals surface area contributed by atoms with Gasteiger partial charge in [0.15, 0.2) is 5.82 Å². The van der Waals surface area contributed by atoms with E-state index in [1.807, 2.05) is 0 Å². The second-order valence-corrected chi connectivity index (χ2v) is 5.55. The third kappa shape index (κ3) is 3.72. The van der Waals surface area contributed by atoms with Crippen LogP contribution in [0.1, 0.15) is 51.8 Å². The van der Waals surface area contributed by atoms with Gasteiger partial charge in [0.05, 0.1) is 6.61 Å². The molecule has 2 rings (SSSR count). The SMILES string of the molecule is CCCOc1nc(C2CC2)nc(NCC(C)C)c1N. The lowest BCUT2D eigenvalue weighted by molar-refractivity contribution is 0.305. The van der Waals surface area contributed by atoms with Gasteiger partial charge in [-0.05, 0) is 25.2 Å². The van der Waals surface area contributed by atoms with Gasteiger partial charge in [-0.25, -0.2) is 4.98 Å². The predicted molar refractivity (Wildman–Crippen MR) is 77.5 cm³/mol. The average Bonchev–Trinajstić information content (AvgIpc) is 3.20. The van der Waals surface area contributed by atoms with Crippen molar-refractivity contribution in [3.05, 3.63) is 5.82 Å². The Balaban J connectivity index is 2.20. The van der Waals surface area contributed by atoms with Gasteiger partial charge in [-0.2, -0.15) is 4.98 Å². The molecule has 0 amide bonds. The van der Waals surface area contributed by atoms with E-state index >= 15 is 0 Å². The van der Waals surface area contributed by atoms with E-state index in [0.29, 0.717) is 30.0 Å². The van der Waals surface area contributed by atoms with E-state index in [-0.39, 0.29) is 0 Å². The standard InChI is InChI=1S/C14H24N4O/c1-4-7-19-14-11(15)13(16-8-9(2)3)17-12(18-14)10-5-6-10/h9-10H,4-8,15H2,1-3H3,(H,16,17,18). The smallest absolute Gasteiger partial charge is 0.242 e. The number of anilines is 2. The summed E-state index contributed by atoms with van der Waals surface area (Å²) in [6.07, 6.45) is 3.28. The molecule has 1 aliphatic carbocycles. The molecule has 19 heavy (non-hydrogen) atoms. The molecule has 0 saturated heterocycles. The van der Waals surface area contributed by atoms with Crippen molar-refractivity contribution in [1.29, 1.82) is 0 Å². The van der Waals surface area contributed by atoms with Crippen molar-refractivity contribution in [2.45, 2.75) is 46.0 Å². The van der Waals surface area contributed by atoms with E-state index in [9.17, 15) is 0 Å². The van der Waals surface area contributed by atoms with Gasteiger partial charge in [-0.15, -0.1) is 0 Å². The molecule has 0 aliphatic heterocycles. The normalized spacial score (nSPS) is 14.7. The van der Waals surface area contributed by atoms with Gasteiger partial charge in [-0.3, -0.25) is 0 Å². The largest absolute Gasteiger partial charge is 0.476 e. The van der Waals surface area contributed by atoms with Gasteiger partial charge >= 0.3 is 0 Å². The summed E-state index contributed by atoms with van der Waals surface area (Å²) in [6.45, 7) is 7.85. The van der Waals surface area contributed by atoms with Crippen molar-refractivity contribution in [2.75, 3.05) is 24.2 Å². The van der Waals surface area contributed by atoms with Gasteiger partial charge in [0.2, 0.25) is 5.88 Å². The number of rotatable bonds is 7. The highest BCUT2D eigenvalue weighted by Gasteiger charge is 2.28. The molecule has 1 heterocycles. The fourth-order valence-corrected chi connectivity index (χ4v) is 1.73. The molecule has 1 aliphatic rings. The van der Waals surface area contributed by atoms with E-state index in [2.05, 4.69) is 36.1 Å². The molecular formula is C14H24N4O. The molecule has 5 nitrogen and oxygen atoms in total. The quantitative estimate of drug-likeness (QED) is 0.792. The maximum absolute atomic E-state index is 6.09. The Bertz CT molecular complexity index is 430. The van der Waals surface area contributed by atoms with Crippen molar-refractivity contribution in [3.8, 4) is 5.88 Å². The molecule has 1 saturated carbocycles. The molecule has 0 radical (unpaired) electrons. The van der Waals surface area contributed by atoms with Crippen molar-refractivity contribution < 1.29 is 4.74 Å². The minimum Gasteiger partial charge on any atom is -0.476 e. The van der Waals surface area contributed by atoms with Crippen LogP contribution < -0.4 is 15.8 Å². The van der Waals surface area contributed by atoms with Crippen LogP contribution in [0.4, 0.5) is 11.5 Å². The summed E-state index contributed by atoms with van der Waals surface area (Å²) in [4.78, 5) is 9.01. The third-order valence-corrected chi connectivity index (χ3v) is 2.99. The first-order valence-corrected chi connectivity index (χ1v) is 7.15. The maximum Gasteiger partial charge on any atom is 0.242 e. The molecule has 106 valence electrons. The van der Waals surface area contributed by atoms with E-state index in [4.69, 9.17) is 10.5 Å². The second-order valence-electron chi connectivity index (χ2n) is 5.55. The first kappa shape index (κ1) is 13.9. The van der Waals surface area contributed by atoms with Crippen LogP contribution in [0.15, 0.2) is 0 Å². The number of nitrogens with zero attached hydrogens (tertiary/aromatic N) is 2. The topological polar surface area (TPSA) is 73.1 Å². The lowest BCUT2D eigenvalue weighted by Crippen LogP contribution is -2.14. The van der Waals surface area contributed by atoms with Crippen LogP contribution in [0.25, 0.3) is 0 Å². The van der Waals surface area contributed by atoms with Crippen molar-refractivity contribution >= 4 is 11.5 Å². The predicted octanol–water partition coefficient (Wildman–Crippen LogP) is 2.79. The van der Waals surface area contributed by atoms with Gasteiger partial charge in [0.25, 0.3) is 0 Å². The summed E-state index contributed by atoms with van der Waals surface area (Å²) in [6, 6.07) is 0. The summed E-state index contributed by atoms with van der Waals surface area (Å²) in [7, 11) is 0. The lowest BCUT2D eigenvalue weighted by atomic mass is 10.2. The number of ether oxygens (including phenoxy) is 1. The molecule has 1 aromatic rings. The number of aromatic nitrogens is 2. The minimum atomic E-state index is 0.490. The summed E-state index contributed by atoms with van der Waals surface area (Å²) in [5.41, 5.74) is 6.61. The molecule has 5 heteroatoms. The molecule has 0 unspecified atom stereocenters. The highest BCUT2D eigenvalue weighted by atomic mass is 16.5. The van der Waals surface area contributed by atoms with Gasteiger partial charge in [-0.1, -0.05) is 20.8 Å². The van der Waals surface area contributed by atoms with Gasteiger partial charge in [0.1, 0.15) is 11.5 Å². The molecule has 0 atom stereocenters. The van der Waals surface area contributed by atoms with Crippen LogP contribution >= 0.6 is 0 Å². The van der Waals surface area contributed by atoms with Crippen LogP contribution in [-0.4, -0.2) is 23.1 Å². The van der Waals surface area contributed by atoms with Crippen LogP contribution in [0, 0.1) is 5.92 Å². The van der Waals surface area contributed by atoms with Crippen molar-refractivity contribution in [2.24, 2.45) is 5.92 Å². The summed E-state index contributed by atoms with van der Waals surface area (Å²) in [5, 5.41) is 3.30. The van der Waals surface area contributed by atoms with Crippen LogP contribution in [0.5, 0.6) is 5.88 Å². The number of nitrogen functional groups attached to an aromatic ring is 1. The van der Waals surface area contributed by atoms with E-state index in [1.165, 1.54) is 12.8 Å². The first-order chi connectivity index (χ1) is 9.11. The fraction of sp³-hybridized carbons (Fsp3) is 0.714. The molecular weight excluding hydrogens is 240 g/mol. The van der Waals surface area contributed by atoms with Crippen molar-refractivity contribution in [3.63, 3.8) is 0 Å². The average molecular weight is 264 g/mol. The highest BCUT2D eigenvalue weighted by Crippen LogP contribution is 2.40. The second kappa shape index (κ2) is 6.08. The van der Waals surface area contributed by atoms with Crippen LogP contribution in [0.2, 0.25) is 0 Å². The maximum atomic E-state index is 6.09. The Morgan fingerprint density at radius 2 is 2.11 bits per heavy atom. The number of hydrogen-bond acceptors (Lipinski definition) is 5. The monoisotopic (exact) mass is 264 g/mol. The third-order valence-electron chi connectivity index (χ3n) is 2.99. The zero-order valence-electron chi connectivity index (χ0n) is 12.1. The Morgan fingerprint density at radius 1 is 1.37 bits per heavy atom.